The van der Waals surface area contributed by atoms with Crippen molar-refractivity contribution in [2.45, 2.75) is 24.9 Å². The number of hydrogen-bond donors (Lipinski definition) is 1. The number of halogens is 1. The second kappa shape index (κ2) is 4.35. The van der Waals surface area contributed by atoms with Crippen molar-refractivity contribution in [2.75, 3.05) is 13.1 Å². The maximum atomic E-state index is 10.6. The maximum absolute atomic E-state index is 10.6. The van der Waals surface area contributed by atoms with Gasteiger partial charge in [-0.3, -0.25) is 0 Å². The topological polar surface area (TPSA) is 49.8 Å². The van der Waals surface area contributed by atoms with Crippen molar-refractivity contribution in [3.05, 3.63) is 28.8 Å². The van der Waals surface area contributed by atoms with Crippen molar-refractivity contribution in [2.24, 2.45) is 0 Å². The van der Waals surface area contributed by atoms with Crippen molar-refractivity contribution in [1.29, 1.82) is 0 Å². The molecule has 96 valence electrons. The fourth-order valence-electron chi connectivity index (χ4n) is 2.18. The van der Waals surface area contributed by atoms with Gasteiger partial charge in [0.2, 0.25) is 0 Å². The van der Waals surface area contributed by atoms with E-state index in [1.54, 1.807) is 0 Å². The van der Waals surface area contributed by atoms with Crippen molar-refractivity contribution in [3.63, 3.8) is 0 Å². The highest BCUT2D eigenvalue weighted by Crippen LogP contribution is 2.45. The molecule has 1 N–H and O–H groups in total. The minimum absolute atomic E-state index is 0.0759. The van der Waals surface area contributed by atoms with Crippen molar-refractivity contribution >= 4 is 17.7 Å². The number of amides is 1. The molecule has 1 aliphatic carbocycles. The Morgan fingerprint density at radius 2 is 2.11 bits per heavy atom. The number of hydrogen-bond acceptors (Lipinski definition) is 2. The molecular formula is C13H14ClNO3. The first-order chi connectivity index (χ1) is 8.65. The van der Waals surface area contributed by atoms with E-state index < -0.39 is 6.09 Å². The van der Waals surface area contributed by atoms with Crippen molar-refractivity contribution < 1.29 is 14.6 Å². The second-order valence-electron chi connectivity index (χ2n) is 4.86. The van der Waals surface area contributed by atoms with E-state index in [0.29, 0.717) is 29.8 Å². The van der Waals surface area contributed by atoms with Crippen LogP contribution in [0.2, 0.25) is 5.02 Å². The molecule has 1 aliphatic heterocycles. The zero-order valence-corrected chi connectivity index (χ0v) is 10.6. The van der Waals surface area contributed by atoms with Crippen LogP contribution in [0.15, 0.2) is 18.2 Å². The second-order valence-corrected chi connectivity index (χ2v) is 5.24. The standard InChI is InChI=1S/C13H14ClNO3/c14-12-10(8-4-5-8)2-1-3-11(12)18-9-6-15(7-9)13(16)17/h1-3,8-9H,4-7H2,(H,16,17). The van der Waals surface area contributed by atoms with E-state index >= 15 is 0 Å². The molecule has 0 unspecified atom stereocenters. The van der Waals surface area contributed by atoms with Gasteiger partial charge in [0.15, 0.2) is 0 Å². The van der Waals surface area contributed by atoms with E-state index in [1.165, 1.54) is 17.7 Å². The van der Waals surface area contributed by atoms with Gasteiger partial charge in [-0.05, 0) is 30.4 Å². The summed E-state index contributed by atoms with van der Waals surface area (Å²) in [5.41, 5.74) is 1.16. The number of benzene rings is 1. The van der Waals surface area contributed by atoms with Crippen LogP contribution in [-0.2, 0) is 0 Å². The highest BCUT2D eigenvalue weighted by molar-refractivity contribution is 6.32. The van der Waals surface area contributed by atoms with Crippen LogP contribution in [-0.4, -0.2) is 35.3 Å². The minimum atomic E-state index is -0.896. The monoisotopic (exact) mass is 267 g/mol. The summed E-state index contributed by atoms with van der Waals surface area (Å²) in [6, 6.07) is 5.83. The third kappa shape index (κ3) is 2.12. The number of nitrogens with zero attached hydrogens (tertiary/aromatic N) is 1. The minimum Gasteiger partial charge on any atom is -0.485 e. The Kier molecular flexibility index (Phi) is 2.82. The summed E-state index contributed by atoms with van der Waals surface area (Å²) in [4.78, 5) is 12.0. The zero-order valence-electron chi connectivity index (χ0n) is 9.80. The fraction of sp³-hybridized carbons (Fsp3) is 0.462. The van der Waals surface area contributed by atoms with Gasteiger partial charge < -0.3 is 14.7 Å². The molecule has 0 bridgehead atoms. The zero-order chi connectivity index (χ0) is 12.7. The van der Waals surface area contributed by atoms with Crippen LogP contribution in [0, 0.1) is 0 Å². The summed E-state index contributed by atoms with van der Waals surface area (Å²) >= 11 is 6.31. The van der Waals surface area contributed by atoms with E-state index in [1.807, 2.05) is 18.2 Å². The van der Waals surface area contributed by atoms with Crippen molar-refractivity contribution in [1.82, 2.24) is 4.90 Å². The molecule has 1 saturated carbocycles. The normalized spacial score (nSPS) is 19.5. The van der Waals surface area contributed by atoms with Gasteiger partial charge in [-0.25, -0.2) is 4.79 Å². The van der Waals surface area contributed by atoms with Crippen LogP contribution in [0.5, 0.6) is 5.75 Å². The highest BCUT2D eigenvalue weighted by atomic mass is 35.5. The molecule has 0 aromatic heterocycles. The van der Waals surface area contributed by atoms with E-state index in [-0.39, 0.29) is 6.10 Å². The summed E-state index contributed by atoms with van der Waals surface area (Å²) in [7, 11) is 0. The molecule has 2 aliphatic rings. The number of rotatable bonds is 3. The Labute approximate surface area is 110 Å². The number of ether oxygens (including phenoxy) is 1. The molecule has 18 heavy (non-hydrogen) atoms. The lowest BCUT2D eigenvalue weighted by molar-refractivity contribution is 0.0252. The lowest BCUT2D eigenvalue weighted by Gasteiger charge is -2.37. The summed E-state index contributed by atoms with van der Waals surface area (Å²) in [5.74, 6) is 1.26. The van der Waals surface area contributed by atoms with Gasteiger partial charge in [0.1, 0.15) is 11.9 Å². The Morgan fingerprint density at radius 1 is 1.39 bits per heavy atom. The van der Waals surface area contributed by atoms with Gasteiger partial charge in [0.05, 0.1) is 18.1 Å². The predicted octanol–water partition coefficient (Wildman–Crippen LogP) is 2.96. The van der Waals surface area contributed by atoms with Crippen LogP contribution in [0.1, 0.15) is 24.3 Å². The quantitative estimate of drug-likeness (QED) is 0.916. The maximum Gasteiger partial charge on any atom is 0.407 e. The molecule has 2 fully saturated rings. The van der Waals surface area contributed by atoms with Crippen LogP contribution in [0.25, 0.3) is 0 Å². The van der Waals surface area contributed by atoms with Crippen LogP contribution < -0.4 is 4.74 Å². The molecule has 1 aromatic carbocycles. The first-order valence-corrected chi connectivity index (χ1v) is 6.46. The Morgan fingerprint density at radius 3 is 2.72 bits per heavy atom. The predicted molar refractivity (Wildman–Crippen MR) is 67.4 cm³/mol. The smallest absolute Gasteiger partial charge is 0.407 e. The van der Waals surface area contributed by atoms with Gasteiger partial charge in [-0.2, -0.15) is 0 Å². The van der Waals surface area contributed by atoms with Crippen LogP contribution >= 0.6 is 11.6 Å². The van der Waals surface area contributed by atoms with Crippen LogP contribution in [0.3, 0.4) is 0 Å². The number of likely N-dealkylation sites (tertiary alicyclic amines) is 1. The molecule has 1 saturated heterocycles. The lowest BCUT2D eigenvalue weighted by Crippen LogP contribution is -2.55. The Hall–Kier alpha value is -1.42. The molecule has 3 rings (SSSR count). The molecule has 0 spiro atoms. The van der Waals surface area contributed by atoms with E-state index in [9.17, 15) is 4.79 Å². The summed E-state index contributed by atoms with van der Waals surface area (Å²) in [5, 5.41) is 9.43. The van der Waals surface area contributed by atoms with Gasteiger partial charge >= 0.3 is 6.09 Å². The SMILES string of the molecule is O=C(O)N1CC(Oc2cccc(C3CC3)c2Cl)C1. The largest absolute Gasteiger partial charge is 0.485 e. The fourth-order valence-corrected chi connectivity index (χ4v) is 2.50. The molecule has 1 heterocycles. The van der Waals surface area contributed by atoms with Gasteiger partial charge in [-0.1, -0.05) is 23.7 Å². The Balaban J connectivity index is 1.67. The van der Waals surface area contributed by atoms with Gasteiger partial charge in [0, 0.05) is 0 Å². The molecule has 0 atom stereocenters. The van der Waals surface area contributed by atoms with Gasteiger partial charge in [0.25, 0.3) is 0 Å². The third-order valence-electron chi connectivity index (χ3n) is 3.42. The molecule has 0 radical (unpaired) electrons. The van der Waals surface area contributed by atoms with Crippen molar-refractivity contribution in [3.8, 4) is 5.75 Å². The van der Waals surface area contributed by atoms with Gasteiger partial charge in [-0.15, -0.1) is 0 Å². The molecular weight excluding hydrogens is 254 g/mol. The van der Waals surface area contributed by atoms with E-state index in [4.69, 9.17) is 21.4 Å². The number of carbonyl (C=O) groups is 1. The summed E-state index contributed by atoms with van der Waals surface area (Å²) in [6.07, 6.45) is 1.42. The first kappa shape index (κ1) is 11.7. The molecule has 1 aromatic rings. The summed E-state index contributed by atoms with van der Waals surface area (Å²) < 4.78 is 5.74. The molecule has 1 amide bonds. The summed E-state index contributed by atoms with van der Waals surface area (Å²) in [6.45, 7) is 0.832. The average molecular weight is 268 g/mol. The average Bonchev–Trinajstić information content (AvgIpc) is 3.08. The number of carboxylic acid groups (broad SMARTS) is 1. The van der Waals surface area contributed by atoms with E-state index in [0.717, 1.165) is 5.56 Å². The molecule has 5 heteroatoms. The Bertz CT molecular complexity index is 481. The third-order valence-corrected chi connectivity index (χ3v) is 3.83. The van der Waals surface area contributed by atoms with Crippen LogP contribution in [0.4, 0.5) is 4.79 Å². The van der Waals surface area contributed by atoms with E-state index in [2.05, 4.69) is 0 Å². The highest BCUT2D eigenvalue weighted by Gasteiger charge is 2.33. The lowest BCUT2D eigenvalue weighted by atomic mass is 10.1. The molecule has 4 nitrogen and oxygen atoms in total. The first-order valence-electron chi connectivity index (χ1n) is 6.08.